The number of carbonyl (C=O) groups excluding carboxylic acids is 1. The van der Waals surface area contributed by atoms with Crippen molar-refractivity contribution in [2.45, 2.75) is 13.5 Å². The van der Waals surface area contributed by atoms with Gasteiger partial charge in [0.1, 0.15) is 13.1 Å². The van der Waals surface area contributed by atoms with Crippen LogP contribution in [0.15, 0.2) is 24.3 Å². The normalized spacial score (nSPS) is 12.4. The number of likely N-dealkylation sites (N-methyl/N-ethyl adjacent to an activating group) is 1. The van der Waals surface area contributed by atoms with E-state index in [9.17, 15) is 9.90 Å². The molecule has 0 spiro atoms. The molecule has 0 aliphatic rings. The summed E-state index contributed by atoms with van der Waals surface area (Å²) < 4.78 is 0. The Bertz CT molecular complexity index is 352. The van der Waals surface area contributed by atoms with E-state index in [1.54, 1.807) is 12.1 Å². The Morgan fingerprint density at radius 3 is 2.81 bits per heavy atom. The Morgan fingerprint density at radius 1 is 1.50 bits per heavy atom. The average Bonchev–Trinajstić information content (AvgIpc) is 2.29. The molecule has 0 aliphatic heterocycles. The van der Waals surface area contributed by atoms with E-state index in [1.807, 2.05) is 13.0 Å². The molecule has 1 unspecified atom stereocenters. The predicted molar refractivity (Wildman–Crippen MR) is 57.9 cm³/mol. The number of rotatable bonds is 6. The molecule has 1 rings (SSSR count). The first kappa shape index (κ1) is 12.7. The van der Waals surface area contributed by atoms with Crippen molar-refractivity contribution < 1.29 is 19.9 Å². The number of benzene rings is 1. The molecule has 0 aromatic heterocycles. The number of aliphatic hydroxyl groups is 1. The SMILES string of the molecule is CC[NH+](CCO)Cc1cccc(C(=O)[O-])c1. The van der Waals surface area contributed by atoms with Gasteiger partial charge in [-0.15, -0.1) is 0 Å². The van der Waals surface area contributed by atoms with Crippen molar-refractivity contribution in [2.75, 3.05) is 19.7 Å². The third kappa shape index (κ3) is 3.64. The molecule has 0 saturated heterocycles. The molecule has 4 nitrogen and oxygen atoms in total. The zero-order valence-electron chi connectivity index (χ0n) is 9.40. The van der Waals surface area contributed by atoms with Crippen molar-refractivity contribution in [2.24, 2.45) is 0 Å². The highest BCUT2D eigenvalue weighted by molar-refractivity contribution is 5.85. The molecular formula is C12H17NO3. The summed E-state index contributed by atoms with van der Waals surface area (Å²) in [6.07, 6.45) is 0. The molecule has 0 radical (unpaired) electrons. The Labute approximate surface area is 95.1 Å². The number of carbonyl (C=O) groups is 1. The monoisotopic (exact) mass is 223 g/mol. The Hall–Kier alpha value is -1.39. The van der Waals surface area contributed by atoms with Crippen LogP contribution in [0.1, 0.15) is 22.8 Å². The van der Waals surface area contributed by atoms with Gasteiger partial charge in [-0.05, 0) is 18.6 Å². The van der Waals surface area contributed by atoms with Gasteiger partial charge in [0.15, 0.2) is 0 Å². The minimum absolute atomic E-state index is 0.142. The summed E-state index contributed by atoms with van der Waals surface area (Å²) in [6.45, 7) is 4.47. The third-order valence-electron chi connectivity index (χ3n) is 2.58. The number of carboxylic acid groups (broad SMARTS) is 1. The number of carboxylic acids is 1. The second kappa shape index (κ2) is 6.25. The summed E-state index contributed by atoms with van der Waals surface area (Å²) in [6, 6.07) is 6.75. The smallest absolute Gasteiger partial charge is 0.103 e. The topological polar surface area (TPSA) is 64.8 Å². The van der Waals surface area contributed by atoms with E-state index in [4.69, 9.17) is 5.11 Å². The summed E-state index contributed by atoms with van der Waals surface area (Å²) >= 11 is 0. The number of quaternary nitrogens is 1. The lowest BCUT2D eigenvalue weighted by atomic mass is 10.1. The second-order valence-corrected chi connectivity index (χ2v) is 3.74. The largest absolute Gasteiger partial charge is 0.545 e. The van der Waals surface area contributed by atoms with Crippen LogP contribution in [0.5, 0.6) is 0 Å². The minimum Gasteiger partial charge on any atom is -0.545 e. The molecule has 4 heteroatoms. The average molecular weight is 223 g/mol. The molecule has 0 saturated carbocycles. The van der Waals surface area contributed by atoms with Crippen molar-refractivity contribution in [3.8, 4) is 0 Å². The number of hydrogen-bond acceptors (Lipinski definition) is 3. The molecule has 16 heavy (non-hydrogen) atoms. The fourth-order valence-corrected chi connectivity index (χ4v) is 1.65. The molecule has 0 heterocycles. The summed E-state index contributed by atoms with van der Waals surface area (Å²) in [5, 5.41) is 19.5. The van der Waals surface area contributed by atoms with Gasteiger partial charge in [-0.2, -0.15) is 0 Å². The molecule has 1 aromatic carbocycles. The van der Waals surface area contributed by atoms with Crippen LogP contribution in [0.3, 0.4) is 0 Å². The molecule has 88 valence electrons. The number of hydrogen-bond donors (Lipinski definition) is 2. The fraction of sp³-hybridized carbons (Fsp3) is 0.417. The van der Waals surface area contributed by atoms with E-state index >= 15 is 0 Å². The van der Waals surface area contributed by atoms with Gasteiger partial charge in [0, 0.05) is 5.56 Å². The van der Waals surface area contributed by atoms with E-state index < -0.39 is 5.97 Å². The summed E-state index contributed by atoms with van der Waals surface area (Å²) in [5.41, 5.74) is 1.16. The highest BCUT2D eigenvalue weighted by Gasteiger charge is 2.06. The maximum atomic E-state index is 10.7. The van der Waals surface area contributed by atoms with Gasteiger partial charge in [-0.1, -0.05) is 18.2 Å². The second-order valence-electron chi connectivity index (χ2n) is 3.74. The minimum atomic E-state index is -1.15. The van der Waals surface area contributed by atoms with Crippen LogP contribution in [0, 0.1) is 0 Å². The Morgan fingerprint density at radius 2 is 2.25 bits per heavy atom. The predicted octanol–water partition coefficient (Wildman–Crippen LogP) is -1.55. The molecule has 1 aromatic rings. The van der Waals surface area contributed by atoms with E-state index in [0.717, 1.165) is 18.7 Å². The van der Waals surface area contributed by atoms with Gasteiger partial charge < -0.3 is 19.9 Å². The highest BCUT2D eigenvalue weighted by atomic mass is 16.4. The van der Waals surface area contributed by atoms with Crippen LogP contribution >= 0.6 is 0 Å². The first-order chi connectivity index (χ1) is 7.67. The van der Waals surface area contributed by atoms with E-state index in [0.29, 0.717) is 6.54 Å². The van der Waals surface area contributed by atoms with Gasteiger partial charge in [-0.3, -0.25) is 0 Å². The lowest BCUT2D eigenvalue weighted by Gasteiger charge is -2.16. The molecule has 1 atom stereocenters. The van der Waals surface area contributed by atoms with Gasteiger partial charge in [0.25, 0.3) is 0 Å². The van der Waals surface area contributed by atoms with Gasteiger partial charge in [-0.25, -0.2) is 0 Å². The van der Waals surface area contributed by atoms with E-state index in [2.05, 4.69) is 0 Å². The van der Waals surface area contributed by atoms with Crippen molar-refractivity contribution in [3.05, 3.63) is 35.4 Å². The fourth-order valence-electron chi connectivity index (χ4n) is 1.65. The van der Waals surface area contributed by atoms with Crippen LogP contribution in [0.25, 0.3) is 0 Å². The molecule has 2 N–H and O–H groups in total. The first-order valence-electron chi connectivity index (χ1n) is 5.42. The van der Waals surface area contributed by atoms with Crippen molar-refractivity contribution >= 4 is 5.97 Å². The molecule has 0 bridgehead atoms. The van der Waals surface area contributed by atoms with Crippen LogP contribution < -0.4 is 10.0 Å². The summed E-state index contributed by atoms with van der Waals surface area (Å²) in [4.78, 5) is 11.9. The van der Waals surface area contributed by atoms with Crippen molar-refractivity contribution in [1.29, 1.82) is 0 Å². The Kier molecular flexibility index (Phi) is 4.95. The van der Waals surface area contributed by atoms with Crippen LogP contribution in [-0.4, -0.2) is 30.8 Å². The number of nitrogens with one attached hydrogen (secondary N) is 1. The quantitative estimate of drug-likeness (QED) is 0.613. The maximum absolute atomic E-state index is 10.7. The number of aliphatic hydroxyl groups excluding tert-OH is 1. The molecule has 0 amide bonds. The lowest BCUT2D eigenvalue weighted by molar-refractivity contribution is -0.912. The first-order valence-corrected chi connectivity index (χ1v) is 5.42. The third-order valence-corrected chi connectivity index (χ3v) is 2.58. The zero-order chi connectivity index (χ0) is 12.0. The standard InChI is InChI=1S/C12H17NO3/c1-2-13(6-7-14)9-10-4-3-5-11(8-10)12(15)16/h3-5,8,14H,2,6-7,9H2,1H3,(H,15,16). The van der Waals surface area contributed by atoms with Crippen molar-refractivity contribution in [3.63, 3.8) is 0 Å². The van der Waals surface area contributed by atoms with Gasteiger partial charge in [0.05, 0.1) is 19.1 Å². The maximum Gasteiger partial charge on any atom is 0.103 e. The molecular weight excluding hydrogens is 206 g/mol. The molecule has 0 aliphatic carbocycles. The summed E-state index contributed by atoms with van der Waals surface area (Å²) in [7, 11) is 0. The number of aromatic carboxylic acids is 1. The highest BCUT2D eigenvalue weighted by Crippen LogP contribution is 2.02. The van der Waals surface area contributed by atoms with Crippen molar-refractivity contribution in [1.82, 2.24) is 0 Å². The van der Waals surface area contributed by atoms with Gasteiger partial charge in [0.2, 0.25) is 0 Å². The van der Waals surface area contributed by atoms with Crippen LogP contribution in [-0.2, 0) is 6.54 Å². The summed E-state index contributed by atoms with van der Waals surface area (Å²) in [5.74, 6) is -1.15. The zero-order valence-corrected chi connectivity index (χ0v) is 9.40. The Balaban J connectivity index is 2.72. The van der Waals surface area contributed by atoms with Crippen LogP contribution in [0.2, 0.25) is 0 Å². The van der Waals surface area contributed by atoms with Gasteiger partial charge >= 0.3 is 0 Å². The van der Waals surface area contributed by atoms with Crippen LogP contribution in [0.4, 0.5) is 0 Å². The lowest BCUT2D eigenvalue weighted by Crippen LogP contribution is -3.10. The molecule has 0 fully saturated rings. The van der Waals surface area contributed by atoms with E-state index in [-0.39, 0.29) is 12.2 Å². The van der Waals surface area contributed by atoms with E-state index in [1.165, 1.54) is 11.0 Å².